The first-order valence-corrected chi connectivity index (χ1v) is 6.32. The third-order valence-corrected chi connectivity index (χ3v) is 3.79. The minimum atomic E-state index is -0.0872. The van der Waals surface area contributed by atoms with Gasteiger partial charge in [-0.15, -0.1) is 0 Å². The van der Waals surface area contributed by atoms with Crippen LogP contribution in [0.4, 0.5) is 5.69 Å². The van der Waals surface area contributed by atoms with Crippen LogP contribution in [0.5, 0.6) is 0 Å². The number of hydrogen-bond donors (Lipinski definition) is 0. The molecule has 1 aliphatic carbocycles. The van der Waals surface area contributed by atoms with Gasteiger partial charge in [0.05, 0.1) is 11.9 Å². The summed E-state index contributed by atoms with van der Waals surface area (Å²) in [7, 11) is 3.66. The normalized spacial score (nSPS) is 15.2. The summed E-state index contributed by atoms with van der Waals surface area (Å²) in [5.41, 5.74) is 0.791. The topological polar surface area (TPSA) is 38.1 Å². The van der Waals surface area contributed by atoms with E-state index in [2.05, 4.69) is 25.9 Å². The number of anilines is 1. The van der Waals surface area contributed by atoms with E-state index in [-0.39, 0.29) is 5.56 Å². The van der Waals surface area contributed by atoms with Crippen molar-refractivity contribution in [1.82, 2.24) is 9.78 Å². The maximum Gasteiger partial charge on any atom is 0.282 e. The molecule has 0 bridgehead atoms. The zero-order valence-electron chi connectivity index (χ0n) is 9.61. The SMILES string of the molecule is CN(CCC1CC1)c1cnn(C)c(=O)c1Br. The van der Waals surface area contributed by atoms with Crippen molar-refractivity contribution >= 4 is 21.6 Å². The second kappa shape index (κ2) is 4.57. The van der Waals surface area contributed by atoms with Gasteiger partial charge in [-0.05, 0) is 28.3 Å². The Labute approximate surface area is 103 Å². The van der Waals surface area contributed by atoms with E-state index < -0.39 is 0 Å². The maximum atomic E-state index is 11.7. The van der Waals surface area contributed by atoms with Crippen LogP contribution in [0.1, 0.15) is 19.3 Å². The summed E-state index contributed by atoms with van der Waals surface area (Å²) in [6.45, 7) is 0.984. The van der Waals surface area contributed by atoms with Crippen molar-refractivity contribution in [2.45, 2.75) is 19.3 Å². The van der Waals surface area contributed by atoms with Gasteiger partial charge in [0.1, 0.15) is 4.47 Å². The smallest absolute Gasteiger partial charge is 0.282 e. The summed E-state index contributed by atoms with van der Waals surface area (Å²) >= 11 is 3.34. The molecular weight excluding hydrogens is 270 g/mol. The van der Waals surface area contributed by atoms with Crippen LogP contribution in [-0.4, -0.2) is 23.4 Å². The highest BCUT2D eigenvalue weighted by atomic mass is 79.9. The zero-order valence-corrected chi connectivity index (χ0v) is 11.2. The van der Waals surface area contributed by atoms with E-state index in [0.717, 1.165) is 18.2 Å². The lowest BCUT2D eigenvalue weighted by molar-refractivity contribution is 0.683. The van der Waals surface area contributed by atoms with E-state index in [1.165, 1.54) is 23.9 Å². The molecule has 2 rings (SSSR count). The van der Waals surface area contributed by atoms with Crippen LogP contribution in [-0.2, 0) is 7.05 Å². The maximum absolute atomic E-state index is 11.7. The molecule has 1 aromatic heterocycles. The van der Waals surface area contributed by atoms with Crippen LogP contribution >= 0.6 is 15.9 Å². The average Bonchev–Trinajstić information content (AvgIpc) is 3.07. The van der Waals surface area contributed by atoms with Gasteiger partial charge in [-0.1, -0.05) is 12.8 Å². The van der Waals surface area contributed by atoms with Crippen LogP contribution < -0.4 is 10.5 Å². The molecule has 88 valence electrons. The molecule has 0 atom stereocenters. The van der Waals surface area contributed by atoms with E-state index >= 15 is 0 Å². The molecule has 0 saturated heterocycles. The van der Waals surface area contributed by atoms with Crippen molar-refractivity contribution < 1.29 is 0 Å². The van der Waals surface area contributed by atoms with Crippen LogP contribution in [0.3, 0.4) is 0 Å². The first kappa shape index (κ1) is 11.6. The van der Waals surface area contributed by atoms with E-state index in [4.69, 9.17) is 0 Å². The van der Waals surface area contributed by atoms with Crippen molar-refractivity contribution in [2.24, 2.45) is 13.0 Å². The van der Waals surface area contributed by atoms with Gasteiger partial charge in [-0.3, -0.25) is 4.79 Å². The van der Waals surface area contributed by atoms with Gasteiger partial charge in [0.15, 0.2) is 0 Å². The number of aromatic nitrogens is 2. The summed E-state index contributed by atoms with van der Waals surface area (Å²) in [5.74, 6) is 0.903. The molecule has 1 saturated carbocycles. The van der Waals surface area contributed by atoms with Crippen molar-refractivity contribution in [1.29, 1.82) is 0 Å². The molecule has 0 aromatic carbocycles. The lowest BCUT2D eigenvalue weighted by Gasteiger charge is -2.19. The predicted molar refractivity (Wildman–Crippen MR) is 67.8 cm³/mol. The molecule has 0 aliphatic heterocycles. The van der Waals surface area contributed by atoms with Gasteiger partial charge in [-0.2, -0.15) is 5.10 Å². The largest absolute Gasteiger partial charge is 0.372 e. The van der Waals surface area contributed by atoms with Gasteiger partial charge in [0.25, 0.3) is 5.56 Å². The minimum Gasteiger partial charge on any atom is -0.372 e. The molecule has 4 nitrogen and oxygen atoms in total. The van der Waals surface area contributed by atoms with Crippen molar-refractivity contribution in [3.05, 3.63) is 21.0 Å². The van der Waals surface area contributed by atoms with Crippen molar-refractivity contribution in [2.75, 3.05) is 18.5 Å². The summed E-state index contributed by atoms with van der Waals surface area (Å²) in [5, 5.41) is 4.04. The number of aryl methyl sites for hydroxylation is 1. The summed E-state index contributed by atoms with van der Waals surface area (Å²) in [6, 6.07) is 0. The van der Waals surface area contributed by atoms with Crippen molar-refractivity contribution in [3.8, 4) is 0 Å². The highest BCUT2D eigenvalue weighted by Crippen LogP contribution is 2.33. The minimum absolute atomic E-state index is 0.0872. The standard InChI is InChI=1S/C11H16BrN3O/c1-14(6-5-8-3-4-8)9-7-13-15(2)11(16)10(9)12/h7-8H,3-6H2,1-2H3. The monoisotopic (exact) mass is 285 g/mol. The Morgan fingerprint density at radius 3 is 2.94 bits per heavy atom. The Kier molecular flexibility index (Phi) is 3.33. The summed E-state index contributed by atoms with van der Waals surface area (Å²) < 4.78 is 1.94. The average molecular weight is 286 g/mol. The molecule has 0 amide bonds. The second-order valence-electron chi connectivity index (χ2n) is 4.43. The number of nitrogens with zero attached hydrogens (tertiary/aromatic N) is 3. The summed E-state index contributed by atoms with van der Waals surface area (Å²) in [4.78, 5) is 13.8. The quantitative estimate of drug-likeness (QED) is 0.847. The Bertz CT molecular complexity index is 439. The highest BCUT2D eigenvalue weighted by molar-refractivity contribution is 9.10. The Morgan fingerprint density at radius 1 is 1.62 bits per heavy atom. The fourth-order valence-corrected chi connectivity index (χ4v) is 2.33. The first-order chi connectivity index (χ1) is 7.59. The Hall–Kier alpha value is -0.840. The molecule has 1 aromatic rings. The lowest BCUT2D eigenvalue weighted by atomic mass is 10.2. The van der Waals surface area contributed by atoms with Crippen LogP contribution in [0.2, 0.25) is 0 Å². The van der Waals surface area contributed by atoms with Crippen LogP contribution in [0, 0.1) is 5.92 Å². The molecule has 1 fully saturated rings. The second-order valence-corrected chi connectivity index (χ2v) is 5.22. The van der Waals surface area contributed by atoms with Crippen LogP contribution in [0.15, 0.2) is 15.5 Å². The molecular formula is C11H16BrN3O. The van der Waals surface area contributed by atoms with E-state index in [9.17, 15) is 4.79 Å². The van der Waals surface area contributed by atoms with E-state index in [0.29, 0.717) is 4.47 Å². The first-order valence-electron chi connectivity index (χ1n) is 5.52. The number of halogens is 1. The molecule has 1 heterocycles. The fraction of sp³-hybridized carbons (Fsp3) is 0.636. The van der Waals surface area contributed by atoms with E-state index in [1.807, 2.05) is 7.05 Å². The molecule has 1 aliphatic rings. The van der Waals surface area contributed by atoms with Gasteiger partial charge >= 0.3 is 0 Å². The lowest BCUT2D eigenvalue weighted by Crippen LogP contribution is -2.26. The van der Waals surface area contributed by atoms with Gasteiger partial charge in [0, 0.05) is 20.6 Å². The fourth-order valence-electron chi connectivity index (χ4n) is 1.67. The number of hydrogen-bond acceptors (Lipinski definition) is 3. The molecule has 0 unspecified atom stereocenters. The molecule has 0 radical (unpaired) electrons. The van der Waals surface area contributed by atoms with Gasteiger partial charge < -0.3 is 4.90 Å². The molecule has 16 heavy (non-hydrogen) atoms. The third-order valence-electron chi connectivity index (χ3n) is 3.04. The van der Waals surface area contributed by atoms with Crippen LogP contribution in [0.25, 0.3) is 0 Å². The Balaban J connectivity index is 2.12. The van der Waals surface area contributed by atoms with Crippen molar-refractivity contribution in [3.63, 3.8) is 0 Å². The highest BCUT2D eigenvalue weighted by Gasteiger charge is 2.21. The van der Waals surface area contributed by atoms with Gasteiger partial charge in [0.2, 0.25) is 0 Å². The molecule has 5 heteroatoms. The molecule has 0 N–H and O–H groups in total. The Morgan fingerprint density at radius 2 is 2.31 bits per heavy atom. The molecule has 0 spiro atoms. The van der Waals surface area contributed by atoms with E-state index in [1.54, 1.807) is 13.2 Å². The third kappa shape index (κ3) is 2.45. The number of rotatable bonds is 4. The summed E-state index contributed by atoms with van der Waals surface area (Å²) in [6.07, 6.45) is 5.67. The van der Waals surface area contributed by atoms with Gasteiger partial charge in [-0.25, -0.2) is 4.68 Å². The predicted octanol–water partition coefficient (Wildman–Crippen LogP) is 1.78. The zero-order chi connectivity index (χ0) is 11.7.